The van der Waals surface area contributed by atoms with Gasteiger partial charge in [-0.1, -0.05) is 6.07 Å². The predicted molar refractivity (Wildman–Crippen MR) is 111 cm³/mol. The summed E-state index contributed by atoms with van der Waals surface area (Å²) in [6.07, 6.45) is 5.14. The van der Waals surface area contributed by atoms with Gasteiger partial charge < -0.3 is 18.3 Å². The van der Waals surface area contributed by atoms with Gasteiger partial charge in [-0.3, -0.25) is 4.98 Å². The van der Waals surface area contributed by atoms with Gasteiger partial charge in [0.1, 0.15) is 35.0 Å². The van der Waals surface area contributed by atoms with Crippen LogP contribution in [-0.2, 0) is 4.74 Å². The van der Waals surface area contributed by atoms with Crippen LogP contribution in [0.1, 0.15) is 24.2 Å². The van der Waals surface area contributed by atoms with Crippen LogP contribution in [0.25, 0.3) is 33.6 Å². The first kappa shape index (κ1) is 18.5. The first-order chi connectivity index (χ1) is 14.7. The molecule has 5 rings (SSSR count). The van der Waals surface area contributed by atoms with Crippen LogP contribution >= 0.6 is 0 Å². The number of fused-ring (bicyclic) bond motifs is 1. The molecule has 30 heavy (non-hydrogen) atoms. The van der Waals surface area contributed by atoms with Gasteiger partial charge in [-0.2, -0.15) is 5.26 Å². The van der Waals surface area contributed by atoms with Crippen molar-refractivity contribution in [3.63, 3.8) is 0 Å². The Labute approximate surface area is 173 Å². The molecule has 4 heterocycles. The number of aryl methyl sites for hydroxylation is 1. The van der Waals surface area contributed by atoms with E-state index in [0.29, 0.717) is 35.9 Å². The highest BCUT2D eigenvalue weighted by atomic mass is 16.5. The van der Waals surface area contributed by atoms with Crippen molar-refractivity contribution in [1.29, 1.82) is 5.26 Å². The van der Waals surface area contributed by atoms with Crippen LogP contribution in [0.4, 0.5) is 0 Å². The van der Waals surface area contributed by atoms with Crippen molar-refractivity contribution in [2.24, 2.45) is 0 Å². The lowest BCUT2D eigenvalue weighted by Gasteiger charge is -2.23. The predicted octanol–water partition coefficient (Wildman–Crippen LogP) is 5.49. The maximum absolute atomic E-state index is 9.69. The Morgan fingerprint density at radius 2 is 1.97 bits per heavy atom. The third kappa shape index (κ3) is 3.34. The van der Waals surface area contributed by atoms with Crippen molar-refractivity contribution in [2.45, 2.75) is 25.9 Å². The van der Waals surface area contributed by atoms with Crippen molar-refractivity contribution in [3.05, 3.63) is 60.2 Å². The van der Waals surface area contributed by atoms with Gasteiger partial charge in [0.25, 0.3) is 0 Å². The van der Waals surface area contributed by atoms with Gasteiger partial charge in [0, 0.05) is 30.7 Å². The summed E-state index contributed by atoms with van der Waals surface area (Å²) in [6, 6.07) is 13.6. The SMILES string of the molecule is Cc1occc1-c1cc2nccc(-c3ccc(OC4CCOCC4)c(C#N)c3)c2o1. The summed E-state index contributed by atoms with van der Waals surface area (Å²) in [5.74, 6) is 2.10. The molecule has 150 valence electrons. The third-order valence-corrected chi connectivity index (χ3v) is 5.41. The van der Waals surface area contributed by atoms with Gasteiger partial charge in [-0.25, -0.2) is 0 Å². The summed E-state index contributed by atoms with van der Waals surface area (Å²) >= 11 is 0. The average molecular weight is 400 g/mol. The zero-order chi connectivity index (χ0) is 20.5. The van der Waals surface area contributed by atoms with E-state index in [1.54, 1.807) is 12.5 Å². The molecule has 1 saturated heterocycles. The molecule has 4 aromatic rings. The number of nitriles is 1. The smallest absolute Gasteiger partial charge is 0.161 e. The minimum Gasteiger partial charge on any atom is -0.489 e. The van der Waals surface area contributed by atoms with Crippen LogP contribution in [0.15, 0.2) is 57.7 Å². The number of furan rings is 2. The molecular formula is C24H20N2O4. The fourth-order valence-electron chi connectivity index (χ4n) is 3.80. The molecule has 0 N–H and O–H groups in total. The second-order valence-electron chi connectivity index (χ2n) is 7.33. The molecule has 0 spiro atoms. The highest BCUT2D eigenvalue weighted by Crippen LogP contribution is 2.36. The Morgan fingerprint density at radius 1 is 1.10 bits per heavy atom. The van der Waals surface area contributed by atoms with Crippen LogP contribution in [0.3, 0.4) is 0 Å². The summed E-state index contributed by atoms with van der Waals surface area (Å²) in [4.78, 5) is 4.44. The summed E-state index contributed by atoms with van der Waals surface area (Å²) in [5, 5.41) is 9.69. The van der Waals surface area contributed by atoms with E-state index in [2.05, 4.69) is 11.1 Å². The van der Waals surface area contributed by atoms with Crippen molar-refractivity contribution in [1.82, 2.24) is 4.98 Å². The molecule has 0 saturated carbocycles. The number of rotatable bonds is 4. The fourth-order valence-corrected chi connectivity index (χ4v) is 3.80. The molecule has 6 heteroatoms. The lowest BCUT2D eigenvalue weighted by Crippen LogP contribution is -2.26. The number of nitrogens with zero attached hydrogens (tertiary/aromatic N) is 2. The topological polar surface area (TPSA) is 81.4 Å². The zero-order valence-corrected chi connectivity index (χ0v) is 16.6. The van der Waals surface area contributed by atoms with Gasteiger partial charge in [-0.05, 0) is 36.8 Å². The minimum absolute atomic E-state index is 0.0789. The monoisotopic (exact) mass is 400 g/mol. The molecular weight excluding hydrogens is 380 g/mol. The molecule has 6 nitrogen and oxygen atoms in total. The van der Waals surface area contributed by atoms with Gasteiger partial charge in [0.2, 0.25) is 0 Å². The summed E-state index contributed by atoms with van der Waals surface area (Å²) in [5.41, 5.74) is 4.59. The van der Waals surface area contributed by atoms with E-state index in [1.165, 1.54) is 0 Å². The highest BCUT2D eigenvalue weighted by molar-refractivity contribution is 5.92. The number of hydrogen-bond acceptors (Lipinski definition) is 6. The maximum Gasteiger partial charge on any atom is 0.161 e. The van der Waals surface area contributed by atoms with E-state index in [-0.39, 0.29) is 6.10 Å². The maximum atomic E-state index is 9.69. The Balaban J connectivity index is 1.52. The molecule has 0 aliphatic carbocycles. The average Bonchev–Trinajstić information content (AvgIpc) is 3.40. The molecule has 0 amide bonds. The standard InChI is InChI=1S/C24H20N2O4/c1-15-19(7-11-28-15)23-13-21-24(30-23)20(4-8-26-21)16-2-3-22(17(12-16)14-25)29-18-5-9-27-10-6-18/h2-4,7-8,11-13,18H,5-6,9-10H2,1H3. The van der Waals surface area contributed by atoms with Gasteiger partial charge >= 0.3 is 0 Å². The fraction of sp³-hybridized carbons (Fsp3) is 0.250. The van der Waals surface area contributed by atoms with Crippen LogP contribution in [-0.4, -0.2) is 24.3 Å². The first-order valence-corrected chi connectivity index (χ1v) is 9.95. The minimum atomic E-state index is 0.0789. The molecule has 0 atom stereocenters. The molecule has 3 aromatic heterocycles. The van der Waals surface area contributed by atoms with E-state index in [4.69, 9.17) is 18.3 Å². The van der Waals surface area contributed by atoms with E-state index in [1.807, 2.05) is 43.3 Å². The van der Waals surface area contributed by atoms with E-state index < -0.39 is 0 Å². The van der Waals surface area contributed by atoms with Crippen LogP contribution in [0.5, 0.6) is 5.75 Å². The number of pyridine rings is 1. The Hall–Kier alpha value is -3.56. The van der Waals surface area contributed by atoms with Gasteiger partial charge in [-0.15, -0.1) is 0 Å². The normalized spacial score (nSPS) is 14.7. The van der Waals surface area contributed by atoms with Crippen molar-refractivity contribution in [2.75, 3.05) is 13.2 Å². The van der Waals surface area contributed by atoms with Crippen LogP contribution in [0.2, 0.25) is 0 Å². The van der Waals surface area contributed by atoms with Crippen molar-refractivity contribution in [3.8, 4) is 34.3 Å². The van der Waals surface area contributed by atoms with Gasteiger partial charge in [0.05, 0.1) is 30.6 Å². The number of benzene rings is 1. The largest absolute Gasteiger partial charge is 0.489 e. The second-order valence-corrected chi connectivity index (χ2v) is 7.33. The van der Waals surface area contributed by atoms with Crippen molar-refractivity contribution < 1.29 is 18.3 Å². The van der Waals surface area contributed by atoms with E-state index in [9.17, 15) is 5.26 Å². The lowest BCUT2D eigenvalue weighted by molar-refractivity contribution is 0.0254. The molecule has 0 unspecified atom stereocenters. The Bertz CT molecular complexity index is 1240. The number of aromatic nitrogens is 1. The molecule has 0 radical (unpaired) electrons. The molecule has 0 bridgehead atoms. The molecule has 1 aromatic carbocycles. The number of ether oxygens (including phenoxy) is 2. The molecule has 1 fully saturated rings. The summed E-state index contributed by atoms with van der Waals surface area (Å²) in [7, 11) is 0. The van der Waals surface area contributed by atoms with E-state index in [0.717, 1.165) is 40.8 Å². The Morgan fingerprint density at radius 3 is 2.73 bits per heavy atom. The quantitative estimate of drug-likeness (QED) is 0.450. The lowest BCUT2D eigenvalue weighted by atomic mass is 10.0. The Kier molecular flexibility index (Phi) is 4.74. The summed E-state index contributed by atoms with van der Waals surface area (Å²) < 4.78 is 23.0. The highest BCUT2D eigenvalue weighted by Gasteiger charge is 2.19. The van der Waals surface area contributed by atoms with Crippen molar-refractivity contribution >= 4 is 11.1 Å². The molecule has 1 aliphatic rings. The zero-order valence-electron chi connectivity index (χ0n) is 16.6. The first-order valence-electron chi connectivity index (χ1n) is 9.95. The number of hydrogen-bond donors (Lipinski definition) is 0. The molecule has 1 aliphatic heterocycles. The summed E-state index contributed by atoms with van der Waals surface area (Å²) in [6.45, 7) is 3.28. The van der Waals surface area contributed by atoms with Gasteiger partial charge in [0.15, 0.2) is 5.58 Å². The van der Waals surface area contributed by atoms with E-state index >= 15 is 0 Å². The third-order valence-electron chi connectivity index (χ3n) is 5.41. The van der Waals surface area contributed by atoms with Crippen LogP contribution < -0.4 is 4.74 Å². The van der Waals surface area contributed by atoms with Crippen LogP contribution in [0, 0.1) is 18.3 Å². The second kappa shape index (κ2) is 7.69.